The molecule has 0 amide bonds. The van der Waals surface area contributed by atoms with Gasteiger partial charge in [0, 0.05) is 6.07 Å². The lowest BCUT2D eigenvalue weighted by Crippen LogP contribution is -1.97. The summed E-state index contributed by atoms with van der Waals surface area (Å²) in [5.74, 6) is -0.188. The Labute approximate surface area is 87.6 Å². The predicted octanol–water partition coefficient (Wildman–Crippen LogP) is 1.19. The molecule has 0 saturated heterocycles. The van der Waals surface area contributed by atoms with Gasteiger partial charge in [-0.05, 0) is 11.6 Å². The van der Waals surface area contributed by atoms with E-state index in [4.69, 9.17) is 9.81 Å². The Morgan fingerprint density at radius 3 is 2.73 bits per heavy atom. The summed E-state index contributed by atoms with van der Waals surface area (Å²) >= 11 is -2.05. The lowest BCUT2D eigenvalue weighted by Gasteiger charge is -1.98. The highest BCUT2D eigenvalue weighted by atomic mass is 32.2. The maximum absolute atomic E-state index is 10.5. The first-order valence-corrected chi connectivity index (χ1v) is 5.07. The van der Waals surface area contributed by atoms with Crippen LogP contribution in [0, 0.1) is 21.4 Å². The van der Waals surface area contributed by atoms with Gasteiger partial charge >= 0.3 is 0 Å². The van der Waals surface area contributed by atoms with Gasteiger partial charge in [-0.25, -0.2) is 4.21 Å². The zero-order chi connectivity index (χ0) is 11.4. The quantitative estimate of drug-likeness (QED) is 0.473. The molecule has 0 fully saturated rings. The van der Waals surface area contributed by atoms with Crippen molar-refractivity contribution < 1.29 is 13.7 Å². The smallest absolute Gasteiger partial charge is 0.287 e. The van der Waals surface area contributed by atoms with Gasteiger partial charge < -0.3 is 4.55 Å². The monoisotopic (exact) mass is 226 g/mol. The minimum atomic E-state index is -2.05. The molecule has 1 rings (SSSR count). The number of nitrogens with zero attached hydrogens (tertiary/aromatic N) is 2. The lowest BCUT2D eigenvalue weighted by molar-refractivity contribution is -0.385. The Morgan fingerprint density at radius 1 is 1.60 bits per heavy atom. The fraction of sp³-hybridized carbons (Fsp3) is 0.125. The van der Waals surface area contributed by atoms with E-state index in [1.807, 2.05) is 0 Å². The van der Waals surface area contributed by atoms with E-state index in [1.165, 1.54) is 12.1 Å². The summed E-state index contributed by atoms with van der Waals surface area (Å²) < 4.78 is 19.1. The van der Waals surface area contributed by atoms with E-state index in [9.17, 15) is 14.3 Å². The summed E-state index contributed by atoms with van der Waals surface area (Å²) in [6.07, 6.45) is 0. The first-order valence-electron chi connectivity index (χ1n) is 3.79. The molecule has 7 heteroatoms. The van der Waals surface area contributed by atoms with E-state index in [2.05, 4.69) is 0 Å². The molecule has 1 aromatic carbocycles. The maximum Gasteiger partial charge on any atom is 0.287 e. The van der Waals surface area contributed by atoms with Crippen LogP contribution in [0.2, 0.25) is 0 Å². The highest BCUT2D eigenvalue weighted by Crippen LogP contribution is 2.19. The molecule has 0 aromatic heterocycles. The molecule has 0 aliphatic heterocycles. The molecule has 15 heavy (non-hydrogen) atoms. The standard InChI is InChI=1S/C8H6N2O4S/c9-4-7-2-1-6(5-15(13)14)3-8(7)10(11)12/h1-3H,5H2,(H,13,14). The Bertz CT molecular complexity index is 466. The Kier molecular flexibility index (Phi) is 3.49. The summed E-state index contributed by atoms with van der Waals surface area (Å²) in [7, 11) is 0. The van der Waals surface area contributed by atoms with E-state index in [-0.39, 0.29) is 17.0 Å². The summed E-state index contributed by atoms with van der Waals surface area (Å²) in [6.45, 7) is 0. The summed E-state index contributed by atoms with van der Waals surface area (Å²) in [6, 6.07) is 5.49. The van der Waals surface area contributed by atoms with Crippen LogP contribution in [0.3, 0.4) is 0 Å². The van der Waals surface area contributed by atoms with Crippen LogP contribution in [0.25, 0.3) is 0 Å². The number of benzene rings is 1. The SMILES string of the molecule is N#Cc1ccc(CS(=O)O)cc1[N+](=O)[O-]. The molecule has 0 heterocycles. The molecule has 78 valence electrons. The van der Waals surface area contributed by atoms with Gasteiger partial charge in [-0.15, -0.1) is 0 Å². The molecular formula is C8H6N2O4S. The Hall–Kier alpha value is -1.78. The molecule has 1 aromatic rings. The second kappa shape index (κ2) is 4.63. The van der Waals surface area contributed by atoms with E-state index in [1.54, 1.807) is 6.07 Å². The van der Waals surface area contributed by atoms with Crippen LogP contribution in [0.5, 0.6) is 0 Å². The molecule has 1 atom stereocenters. The van der Waals surface area contributed by atoms with E-state index in [0.717, 1.165) is 6.07 Å². The first-order chi connectivity index (χ1) is 7.04. The summed E-state index contributed by atoms with van der Waals surface area (Å²) in [5, 5.41) is 19.1. The van der Waals surface area contributed by atoms with Crippen molar-refractivity contribution in [3.8, 4) is 6.07 Å². The van der Waals surface area contributed by atoms with Crippen molar-refractivity contribution in [3.05, 3.63) is 39.4 Å². The van der Waals surface area contributed by atoms with Crippen LogP contribution in [0.1, 0.15) is 11.1 Å². The van der Waals surface area contributed by atoms with Crippen molar-refractivity contribution in [2.45, 2.75) is 5.75 Å². The second-order valence-electron chi connectivity index (χ2n) is 2.69. The van der Waals surface area contributed by atoms with Crippen LogP contribution >= 0.6 is 0 Å². The van der Waals surface area contributed by atoms with Crippen molar-refractivity contribution in [2.75, 3.05) is 0 Å². The largest absolute Gasteiger partial charge is 0.306 e. The van der Waals surface area contributed by atoms with Gasteiger partial charge in [0.25, 0.3) is 5.69 Å². The number of hydrogen-bond acceptors (Lipinski definition) is 4. The van der Waals surface area contributed by atoms with Crippen LogP contribution in [0.4, 0.5) is 5.69 Å². The van der Waals surface area contributed by atoms with E-state index < -0.39 is 16.0 Å². The van der Waals surface area contributed by atoms with Gasteiger partial charge in [-0.2, -0.15) is 5.26 Å². The zero-order valence-corrected chi connectivity index (χ0v) is 8.23. The molecular weight excluding hydrogens is 220 g/mol. The van der Waals surface area contributed by atoms with Gasteiger partial charge in [-0.3, -0.25) is 10.1 Å². The van der Waals surface area contributed by atoms with Gasteiger partial charge in [0.05, 0.1) is 10.7 Å². The topological polar surface area (TPSA) is 104 Å². The number of nitriles is 1. The average molecular weight is 226 g/mol. The molecule has 0 radical (unpaired) electrons. The van der Waals surface area contributed by atoms with Gasteiger partial charge in [0.15, 0.2) is 11.1 Å². The van der Waals surface area contributed by atoms with Gasteiger partial charge in [0.1, 0.15) is 11.6 Å². The minimum absolute atomic E-state index is 0.0625. The molecule has 1 unspecified atom stereocenters. The Balaban J connectivity index is 3.17. The minimum Gasteiger partial charge on any atom is -0.306 e. The predicted molar refractivity (Wildman–Crippen MR) is 52.3 cm³/mol. The highest BCUT2D eigenvalue weighted by molar-refractivity contribution is 7.78. The maximum atomic E-state index is 10.5. The van der Waals surface area contributed by atoms with Crippen LogP contribution in [0.15, 0.2) is 18.2 Å². The number of nitro groups is 1. The Morgan fingerprint density at radius 2 is 2.27 bits per heavy atom. The average Bonchev–Trinajstić information content (AvgIpc) is 2.16. The number of hydrogen-bond donors (Lipinski definition) is 1. The zero-order valence-electron chi connectivity index (χ0n) is 7.41. The fourth-order valence-corrected chi connectivity index (χ4v) is 1.52. The van der Waals surface area contributed by atoms with Crippen LogP contribution in [-0.4, -0.2) is 13.7 Å². The summed E-state index contributed by atoms with van der Waals surface area (Å²) in [5.41, 5.74) is -0.0607. The second-order valence-corrected chi connectivity index (χ2v) is 3.62. The normalized spacial score (nSPS) is 11.7. The number of rotatable bonds is 3. The number of nitro benzene ring substituents is 1. The molecule has 0 bridgehead atoms. The summed E-state index contributed by atoms with van der Waals surface area (Å²) in [4.78, 5) is 9.84. The van der Waals surface area contributed by atoms with Crippen molar-refractivity contribution in [2.24, 2.45) is 0 Å². The molecule has 6 nitrogen and oxygen atoms in total. The lowest BCUT2D eigenvalue weighted by atomic mass is 10.1. The molecule has 0 saturated carbocycles. The van der Waals surface area contributed by atoms with Gasteiger partial charge in [0.2, 0.25) is 0 Å². The van der Waals surface area contributed by atoms with E-state index >= 15 is 0 Å². The molecule has 1 N–H and O–H groups in total. The van der Waals surface area contributed by atoms with Gasteiger partial charge in [-0.1, -0.05) is 6.07 Å². The van der Waals surface area contributed by atoms with Crippen molar-refractivity contribution in [1.82, 2.24) is 0 Å². The molecule has 0 spiro atoms. The van der Waals surface area contributed by atoms with Crippen LogP contribution < -0.4 is 0 Å². The molecule has 0 aliphatic carbocycles. The van der Waals surface area contributed by atoms with Crippen molar-refractivity contribution in [3.63, 3.8) is 0 Å². The fourth-order valence-electron chi connectivity index (χ4n) is 1.06. The first kappa shape index (κ1) is 11.3. The third-order valence-electron chi connectivity index (χ3n) is 1.67. The van der Waals surface area contributed by atoms with E-state index in [0.29, 0.717) is 5.56 Å². The third kappa shape index (κ3) is 2.83. The van der Waals surface area contributed by atoms with Crippen molar-refractivity contribution in [1.29, 1.82) is 5.26 Å². The molecule has 0 aliphatic rings. The third-order valence-corrected chi connectivity index (χ3v) is 2.25. The highest BCUT2D eigenvalue weighted by Gasteiger charge is 2.14. The van der Waals surface area contributed by atoms with Crippen LogP contribution in [-0.2, 0) is 16.8 Å². The van der Waals surface area contributed by atoms with Crippen molar-refractivity contribution >= 4 is 16.8 Å².